The minimum Gasteiger partial charge on any atom is -0.299 e. The molecule has 0 radical (unpaired) electrons. The lowest BCUT2D eigenvalue weighted by atomic mass is 9.59. The van der Waals surface area contributed by atoms with Gasteiger partial charge in [-0.05, 0) is 17.3 Å². The van der Waals surface area contributed by atoms with Crippen molar-refractivity contribution in [1.82, 2.24) is 0 Å². The Morgan fingerprint density at radius 2 is 1.37 bits per heavy atom. The van der Waals surface area contributed by atoms with Crippen LogP contribution in [0.3, 0.4) is 0 Å². The largest absolute Gasteiger partial charge is 0.299 e. The second-order valence-corrected chi connectivity index (χ2v) is 10.4. The average Bonchev–Trinajstić information content (AvgIpc) is 2.07. The zero-order valence-corrected chi connectivity index (χ0v) is 14.6. The molecule has 3 nitrogen and oxygen atoms in total. The Bertz CT molecular complexity index is 421. The molecule has 0 spiro atoms. The molecule has 1 unspecified atom stereocenters. The number of Topliss-reactive ketones (excluding diaryl/α,β-unsaturated/α-hetero) is 1. The Morgan fingerprint density at radius 1 is 0.947 bits per heavy atom. The van der Waals surface area contributed by atoms with Gasteiger partial charge in [0.25, 0.3) is 0 Å². The molecule has 0 aliphatic carbocycles. The molecule has 0 N–H and O–H groups in total. The van der Waals surface area contributed by atoms with Crippen LogP contribution in [0.15, 0.2) is 0 Å². The van der Waals surface area contributed by atoms with E-state index in [1.54, 1.807) is 0 Å². The first-order valence-electron chi connectivity index (χ1n) is 6.80. The Labute approximate surface area is 119 Å². The van der Waals surface area contributed by atoms with Gasteiger partial charge in [-0.1, -0.05) is 48.5 Å². The van der Waals surface area contributed by atoms with Gasteiger partial charge in [-0.2, -0.15) is 0 Å². The van der Waals surface area contributed by atoms with Crippen LogP contribution in [0, 0.1) is 16.2 Å². The van der Waals surface area contributed by atoms with Gasteiger partial charge in [-0.25, -0.2) is 8.42 Å². The van der Waals surface area contributed by atoms with Gasteiger partial charge in [0.2, 0.25) is 0 Å². The first kappa shape index (κ1) is 18.6. The predicted octanol–water partition coefficient (Wildman–Crippen LogP) is 3.48. The Kier molecular flexibility index (Phi) is 5.44. The molecule has 1 atom stereocenters. The normalized spacial score (nSPS) is 17.1. The highest BCUT2D eigenvalue weighted by Gasteiger charge is 2.45. The summed E-state index contributed by atoms with van der Waals surface area (Å²) in [5.74, 6) is 0.00196. The number of sulfone groups is 1. The maximum Gasteiger partial charge on any atom is 0.147 e. The van der Waals surface area contributed by atoms with Gasteiger partial charge < -0.3 is 0 Å². The molecule has 0 aliphatic rings. The third-order valence-corrected chi connectivity index (χ3v) is 4.80. The molecule has 0 aromatic carbocycles. The van der Waals surface area contributed by atoms with E-state index in [0.29, 0.717) is 0 Å². The van der Waals surface area contributed by atoms with Crippen molar-refractivity contribution in [3.8, 4) is 0 Å². The molecule has 0 fully saturated rings. The van der Waals surface area contributed by atoms with E-state index in [2.05, 4.69) is 41.5 Å². The van der Waals surface area contributed by atoms with E-state index < -0.39 is 15.3 Å². The number of carbonyl (C=O) groups is 1. The van der Waals surface area contributed by atoms with Gasteiger partial charge in [0.15, 0.2) is 0 Å². The van der Waals surface area contributed by atoms with E-state index in [0.717, 1.165) is 6.42 Å². The molecule has 0 heterocycles. The average molecular weight is 290 g/mol. The monoisotopic (exact) mass is 290 g/mol. The zero-order chi connectivity index (χ0) is 15.7. The number of hydrogen-bond donors (Lipinski definition) is 0. The summed E-state index contributed by atoms with van der Waals surface area (Å²) in [4.78, 5) is 12.6. The maximum absolute atomic E-state index is 12.6. The lowest BCUT2D eigenvalue weighted by Crippen LogP contribution is -2.43. The fourth-order valence-electron chi connectivity index (χ4n) is 2.40. The highest BCUT2D eigenvalue weighted by atomic mass is 32.2. The van der Waals surface area contributed by atoms with Crippen molar-refractivity contribution in [2.45, 2.75) is 61.3 Å². The van der Waals surface area contributed by atoms with E-state index >= 15 is 0 Å². The second-order valence-electron chi connectivity index (χ2n) is 8.12. The van der Waals surface area contributed by atoms with Crippen molar-refractivity contribution in [3.05, 3.63) is 0 Å². The molecular weight excluding hydrogens is 260 g/mol. The van der Waals surface area contributed by atoms with Gasteiger partial charge in [0.05, 0.1) is 5.75 Å². The van der Waals surface area contributed by atoms with Gasteiger partial charge >= 0.3 is 0 Å². The van der Waals surface area contributed by atoms with Crippen LogP contribution < -0.4 is 0 Å². The number of hydrogen-bond acceptors (Lipinski definition) is 3. The van der Waals surface area contributed by atoms with Gasteiger partial charge in [0, 0.05) is 18.1 Å². The van der Waals surface area contributed by atoms with Gasteiger partial charge in [-0.3, -0.25) is 4.79 Å². The summed E-state index contributed by atoms with van der Waals surface area (Å²) in [5.41, 5.74) is -0.659. The van der Waals surface area contributed by atoms with Crippen molar-refractivity contribution >= 4 is 15.6 Å². The lowest BCUT2D eigenvalue weighted by molar-refractivity contribution is -0.136. The minimum absolute atomic E-state index is 0.0305. The summed E-state index contributed by atoms with van der Waals surface area (Å²) in [6.45, 7) is 14.5. The first-order valence-corrected chi connectivity index (χ1v) is 8.86. The summed E-state index contributed by atoms with van der Waals surface area (Å²) >= 11 is 0. The first-order chi connectivity index (χ1) is 8.08. The molecule has 0 saturated carbocycles. The van der Waals surface area contributed by atoms with Crippen LogP contribution in [-0.4, -0.2) is 26.2 Å². The molecule has 0 aromatic heterocycles. The Hall–Kier alpha value is -0.380. The van der Waals surface area contributed by atoms with E-state index in [1.807, 2.05) is 6.92 Å². The standard InChI is InChI=1S/C15H30O3S/c1-13(2,3)11-15(7,14(4,5)6)12(16)9-10-19(8,17)18/h9-11H2,1-8H3. The van der Waals surface area contributed by atoms with E-state index in [4.69, 9.17) is 0 Å². The molecule has 19 heavy (non-hydrogen) atoms. The Balaban J connectivity index is 5.23. The SMILES string of the molecule is CC(C)(C)CC(C)(C(=O)CCS(C)(=O)=O)C(C)(C)C. The summed E-state index contributed by atoms with van der Waals surface area (Å²) < 4.78 is 22.5. The van der Waals surface area contributed by atoms with Gasteiger partial charge in [0.1, 0.15) is 15.6 Å². The third-order valence-electron chi connectivity index (χ3n) is 3.85. The quantitative estimate of drug-likeness (QED) is 0.779. The Morgan fingerprint density at radius 3 is 1.63 bits per heavy atom. The predicted molar refractivity (Wildman–Crippen MR) is 81.0 cm³/mol. The topological polar surface area (TPSA) is 51.2 Å². The van der Waals surface area contributed by atoms with Crippen LogP contribution in [0.2, 0.25) is 0 Å². The van der Waals surface area contributed by atoms with Crippen molar-refractivity contribution in [2.75, 3.05) is 12.0 Å². The minimum atomic E-state index is -3.09. The van der Waals surface area contributed by atoms with Crippen molar-refractivity contribution < 1.29 is 13.2 Å². The van der Waals surface area contributed by atoms with Crippen molar-refractivity contribution in [2.24, 2.45) is 16.2 Å². The van der Waals surface area contributed by atoms with Crippen LogP contribution >= 0.6 is 0 Å². The van der Waals surface area contributed by atoms with Crippen LogP contribution in [0.1, 0.15) is 61.3 Å². The molecule has 0 aliphatic heterocycles. The summed E-state index contributed by atoms with van der Waals surface area (Å²) in [5, 5.41) is 0. The molecule has 114 valence electrons. The third kappa shape index (κ3) is 6.07. The van der Waals surface area contributed by atoms with Crippen LogP contribution in [0.5, 0.6) is 0 Å². The maximum atomic E-state index is 12.6. The van der Waals surface area contributed by atoms with Crippen LogP contribution in [-0.2, 0) is 14.6 Å². The van der Waals surface area contributed by atoms with Crippen LogP contribution in [0.25, 0.3) is 0 Å². The number of ketones is 1. The lowest BCUT2D eigenvalue weighted by Gasteiger charge is -2.44. The molecule has 0 bridgehead atoms. The molecule has 0 amide bonds. The fourth-order valence-corrected chi connectivity index (χ4v) is 2.95. The molecule has 0 saturated heterocycles. The number of carbonyl (C=O) groups excluding carboxylic acids is 1. The smallest absolute Gasteiger partial charge is 0.147 e. The molecular formula is C15H30O3S. The summed E-state index contributed by atoms with van der Waals surface area (Å²) in [7, 11) is -3.09. The molecule has 4 heteroatoms. The molecule has 0 rings (SSSR count). The van der Waals surface area contributed by atoms with E-state index in [9.17, 15) is 13.2 Å². The zero-order valence-electron chi connectivity index (χ0n) is 13.8. The van der Waals surface area contributed by atoms with Crippen molar-refractivity contribution in [1.29, 1.82) is 0 Å². The fraction of sp³-hybridized carbons (Fsp3) is 0.933. The van der Waals surface area contributed by atoms with Crippen molar-refractivity contribution in [3.63, 3.8) is 0 Å². The highest BCUT2D eigenvalue weighted by Crippen LogP contribution is 2.47. The number of rotatable bonds is 5. The van der Waals surface area contributed by atoms with Gasteiger partial charge in [-0.15, -0.1) is 0 Å². The summed E-state index contributed by atoms with van der Waals surface area (Å²) in [6.07, 6.45) is 2.05. The highest BCUT2D eigenvalue weighted by molar-refractivity contribution is 7.90. The second kappa shape index (κ2) is 5.55. The summed E-state index contributed by atoms with van der Waals surface area (Å²) in [6, 6.07) is 0. The van der Waals surface area contributed by atoms with E-state index in [-0.39, 0.29) is 28.8 Å². The van der Waals surface area contributed by atoms with E-state index in [1.165, 1.54) is 6.26 Å². The molecule has 0 aromatic rings. The van der Waals surface area contributed by atoms with Crippen LogP contribution in [0.4, 0.5) is 0 Å².